The third-order valence-corrected chi connectivity index (χ3v) is 4.66. The van der Waals surface area contributed by atoms with Gasteiger partial charge in [0.2, 0.25) is 0 Å². The van der Waals surface area contributed by atoms with Gasteiger partial charge < -0.3 is 19.9 Å². The third kappa shape index (κ3) is 2.38. The molecule has 0 aromatic heterocycles. The molecule has 1 aliphatic heterocycles. The van der Waals surface area contributed by atoms with Crippen LogP contribution in [0.25, 0.3) is 0 Å². The fourth-order valence-corrected chi connectivity index (χ4v) is 3.10. The summed E-state index contributed by atoms with van der Waals surface area (Å²) in [6, 6.07) is 6.24. The van der Waals surface area contributed by atoms with E-state index in [0.717, 1.165) is 24.5 Å². The molecule has 2 fully saturated rings. The molecule has 1 saturated carbocycles. The Morgan fingerprint density at radius 2 is 2.20 bits per heavy atom. The highest BCUT2D eigenvalue weighted by atomic mass is 16.6. The van der Waals surface area contributed by atoms with E-state index < -0.39 is 0 Å². The van der Waals surface area contributed by atoms with E-state index in [-0.39, 0.29) is 11.5 Å². The van der Waals surface area contributed by atoms with E-state index >= 15 is 0 Å². The Balaban J connectivity index is 1.86. The lowest BCUT2D eigenvalue weighted by atomic mass is 9.64. The largest absolute Gasteiger partial charge is 0.493 e. The van der Waals surface area contributed by atoms with Gasteiger partial charge in [-0.05, 0) is 30.5 Å². The quantitative estimate of drug-likeness (QED) is 0.897. The number of methoxy groups -OCH3 is 1. The van der Waals surface area contributed by atoms with Gasteiger partial charge in [-0.15, -0.1) is 0 Å². The van der Waals surface area contributed by atoms with Crippen LogP contribution in [0.4, 0.5) is 0 Å². The minimum Gasteiger partial charge on any atom is -0.493 e. The Morgan fingerprint density at radius 3 is 2.75 bits per heavy atom. The molecule has 2 N–H and O–H groups in total. The number of hydrogen-bond acceptors (Lipinski definition) is 4. The molecule has 1 atom stereocenters. The number of ether oxygens (including phenoxy) is 3. The molecular weight excluding hydrogens is 254 g/mol. The molecule has 1 aromatic carbocycles. The molecule has 1 aliphatic carbocycles. The lowest BCUT2D eigenvalue weighted by Crippen LogP contribution is -2.41. The summed E-state index contributed by atoms with van der Waals surface area (Å²) in [5.74, 6) is 1.60. The predicted octanol–water partition coefficient (Wildman–Crippen LogP) is 2.24. The summed E-state index contributed by atoms with van der Waals surface area (Å²) in [5.41, 5.74) is 7.42. The second-order valence-corrected chi connectivity index (χ2v) is 5.81. The van der Waals surface area contributed by atoms with Crippen molar-refractivity contribution < 1.29 is 14.2 Å². The second-order valence-electron chi connectivity index (χ2n) is 5.81. The average molecular weight is 277 g/mol. The van der Waals surface area contributed by atoms with E-state index in [4.69, 9.17) is 19.9 Å². The van der Waals surface area contributed by atoms with Crippen molar-refractivity contribution in [1.82, 2.24) is 0 Å². The zero-order chi connectivity index (χ0) is 14.0. The van der Waals surface area contributed by atoms with Gasteiger partial charge in [0.15, 0.2) is 11.5 Å². The van der Waals surface area contributed by atoms with E-state index in [1.807, 2.05) is 6.07 Å². The summed E-state index contributed by atoms with van der Waals surface area (Å²) in [6.45, 7) is 2.14. The minimum absolute atomic E-state index is 0.134. The van der Waals surface area contributed by atoms with Gasteiger partial charge in [0.1, 0.15) is 6.10 Å². The van der Waals surface area contributed by atoms with Crippen molar-refractivity contribution in [1.29, 1.82) is 0 Å². The lowest BCUT2D eigenvalue weighted by molar-refractivity contribution is 0.138. The molecule has 4 heteroatoms. The van der Waals surface area contributed by atoms with Crippen LogP contribution < -0.4 is 15.2 Å². The summed E-state index contributed by atoms with van der Waals surface area (Å²) in [6.07, 6.45) is 4.67. The monoisotopic (exact) mass is 277 g/mol. The molecule has 20 heavy (non-hydrogen) atoms. The van der Waals surface area contributed by atoms with Gasteiger partial charge in [0.05, 0.1) is 20.3 Å². The first kappa shape index (κ1) is 13.7. The number of rotatable bonds is 5. The molecule has 1 heterocycles. The van der Waals surface area contributed by atoms with Crippen molar-refractivity contribution in [3.05, 3.63) is 23.8 Å². The third-order valence-electron chi connectivity index (χ3n) is 4.66. The van der Waals surface area contributed by atoms with E-state index in [1.54, 1.807) is 7.11 Å². The lowest BCUT2D eigenvalue weighted by Gasteiger charge is -2.41. The summed E-state index contributed by atoms with van der Waals surface area (Å²) in [5, 5.41) is 0. The Morgan fingerprint density at radius 1 is 1.35 bits per heavy atom. The summed E-state index contributed by atoms with van der Waals surface area (Å²) >= 11 is 0. The van der Waals surface area contributed by atoms with Gasteiger partial charge in [0.25, 0.3) is 0 Å². The van der Waals surface area contributed by atoms with Crippen molar-refractivity contribution in [3.63, 3.8) is 0 Å². The number of benzene rings is 1. The van der Waals surface area contributed by atoms with Crippen LogP contribution in [0.3, 0.4) is 0 Å². The van der Waals surface area contributed by atoms with E-state index in [1.165, 1.54) is 24.8 Å². The SMILES string of the molecule is COc1ccc(C2(CN)CCC2)cc1OC1CCOC1. The van der Waals surface area contributed by atoms with Crippen LogP contribution in [-0.4, -0.2) is 33.0 Å². The van der Waals surface area contributed by atoms with Crippen LogP contribution in [0.15, 0.2) is 18.2 Å². The average Bonchev–Trinajstić information content (AvgIpc) is 2.91. The predicted molar refractivity (Wildman–Crippen MR) is 77.4 cm³/mol. The molecule has 1 saturated heterocycles. The molecule has 2 aliphatic rings. The van der Waals surface area contributed by atoms with Gasteiger partial charge in [-0.25, -0.2) is 0 Å². The molecule has 0 bridgehead atoms. The Hall–Kier alpha value is -1.26. The standard InChI is InChI=1S/C16H23NO3/c1-18-14-4-3-12(16(11-17)6-2-7-16)9-15(14)20-13-5-8-19-10-13/h3-4,9,13H,2,5-8,10-11,17H2,1H3. The molecule has 110 valence electrons. The number of nitrogens with two attached hydrogens (primary N) is 1. The highest BCUT2D eigenvalue weighted by molar-refractivity contribution is 5.46. The zero-order valence-corrected chi connectivity index (χ0v) is 12.1. The smallest absolute Gasteiger partial charge is 0.161 e. The van der Waals surface area contributed by atoms with Crippen LogP contribution in [0, 0.1) is 0 Å². The fourth-order valence-electron chi connectivity index (χ4n) is 3.10. The molecule has 3 rings (SSSR count). The van der Waals surface area contributed by atoms with Gasteiger partial charge in [0, 0.05) is 18.4 Å². The molecule has 0 spiro atoms. The van der Waals surface area contributed by atoms with Crippen LogP contribution in [-0.2, 0) is 10.2 Å². The van der Waals surface area contributed by atoms with Crippen LogP contribution >= 0.6 is 0 Å². The van der Waals surface area contributed by atoms with Crippen molar-refractivity contribution in [2.75, 3.05) is 26.9 Å². The van der Waals surface area contributed by atoms with Gasteiger partial charge in [-0.1, -0.05) is 12.5 Å². The van der Waals surface area contributed by atoms with Gasteiger partial charge in [-0.3, -0.25) is 0 Å². The van der Waals surface area contributed by atoms with Crippen LogP contribution in [0.1, 0.15) is 31.2 Å². The summed E-state index contributed by atoms with van der Waals surface area (Å²) < 4.78 is 16.8. The van der Waals surface area contributed by atoms with E-state index in [2.05, 4.69) is 12.1 Å². The van der Waals surface area contributed by atoms with Crippen molar-refractivity contribution in [3.8, 4) is 11.5 Å². The summed E-state index contributed by atoms with van der Waals surface area (Å²) in [7, 11) is 1.68. The molecule has 1 unspecified atom stereocenters. The van der Waals surface area contributed by atoms with E-state index in [0.29, 0.717) is 13.2 Å². The molecular formula is C16H23NO3. The van der Waals surface area contributed by atoms with Gasteiger partial charge >= 0.3 is 0 Å². The highest BCUT2D eigenvalue weighted by Gasteiger charge is 2.37. The van der Waals surface area contributed by atoms with Crippen LogP contribution in [0.5, 0.6) is 11.5 Å². The Bertz CT molecular complexity index is 459. The topological polar surface area (TPSA) is 53.7 Å². The Kier molecular flexibility index (Phi) is 3.85. The summed E-state index contributed by atoms with van der Waals surface area (Å²) in [4.78, 5) is 0. The van der Waals surface area contributed by atoms with E-state index in [9.17, 15) is 0 Å². The van der Waals surface area contributed by atoms with Gasteiger partial charge in [-0.2, -0.15) is 0 Å². The Labute approximate surface area is 120 Å². The first-order valence-electron chi connectivity index (χ1n) is 7.40. The van der Waals surface area contributed by atoms with Crippen molar-refractivity contribution >= 4 is 0 Å². The fraction of sp³-hybridized carbons (Fsp3) is 0.625. The van der Waals surface area contributed by atoms with Crippen LogP contribution in [0.2, 0.25) is 0 Å². The highest BCUT2D eigenvalue weighted by Crippen LogP contribution is 2.45. The van der Waals surface area contributed by atoms with Crippen molar-refractivity contribution in [2.24, 2.45) is 5.73 Å². The maximum absolute atomic E-state index is 6.06. The molecule has 0 amide bonds. The van der Waals surface area contributed by atoms with Crippen molar-refractivity contribution in [2.45, 2.75) is 37.2 Å². The minimum atomic E-state index is 0.134. The maximum atomic E-state index is 6.06. The normalized spacial score (nSPS) is 24.2. The molecule has 4 nitrogen and oxygen atoms in total. The second kappa shape index (κ2) is 5.62. The molecule has 1 aromatic rings. The maximum Gasteiger partial charge on any atom is 0.161 e. The number of hydrogen-bond donors (Lipinski definition) is 1. The first-order chi connectivity index (χ1) is 9.77. The molecule has 0 radical (unpaired) electrons. The zero-order valence-electron chi connectivity index (χ0n) is 12.1. The first-order valence-corrected chi connectivity index (χ1v) is 7.40.